The maximum atomic E-state index is 11.8. The number of piperazine rings is 1. The predicted molar refractivity (Wildman–Crippen MR) is 99.2 cm³/mol. The number of nitrogens with zero attached hydrogens (tertiary/aromatic N) is 4. The van der Waals surface area contributed by atoms with Crippen molar-refractivity contribution in [2.45, 2.75) is 25.5 Å². The molecule has 25 heavy (non-hydrogen) atoms. The molecule has 6 nitrogen and oxygen atoms in total. The van der Waals surface area contributed by atoms with Crippen molar-refractivity contribution in [3.05, 3.63) is 44.5 Å². The summed E-state index contributed by atoms with van der Waals surface area (Å²) in [7, 11) is 1.68. The molecule has 0 radical (unpaired) electrons. The van der Waals surface area contributed by atoms with Crippen LogP contribution in [0.15, 0.2) is 29.2 Å². The second-order valence-corrected chi connectivity index (χ2v) is 7.94. The first-order valence-corrected chi connectivity index (χ1v) is 9.71. The predicted octanol–water partition coefficient (Wildman–Crippen LogP) is 2.02. The van der Waals surface area contributed by atoms with E-state index in [9.17, 15) is 4.79 Å². The second-order valence-electron chi connectivity index (χ2n) is 6.74. The van der Waals surface area contributed by atoms with E-state index in [1.54, 1.807) is 19.3 Å². The zero-order chi connectivity index (χ0) is 17.2. The summed E-state index contributed by atoms with van der Waals surface area (Å²) in [4.78, 5) is 19.3. The van der Waals surface area contributed by atoms with Gasteiger partial charge < -0.3 is 9.64 Å². The van der Waals surface area contributed by atoms with Crippen LogP contribution in [0.25, 0.3) is 0 Å². The number of hydrogen-bond donors (Lipinski definition) is 0. The van der Waals surface area contributed by atoms with Gasteiger partial charge in [-0.1, -0.05) is 0 Å². The Morgan fingerprint density at radius 1 is 1.28 bits per heavy atom. The highest BCUT2D eigenvalue weighted by atomic mass is 32.1. The van der Waals surface area contributed by atoms with Gasteiger partial charge in [0.25, 0.3) is 5.56 Å². The van der Waals surface area contributed by atoms with E-state index >= 15 is 0 Å². The molecule has 2 saturated heterocycles. The molecule has 2 fully saturated rings. The first kappa shape index (κ1) is 16.8. The summed E-state index contributed by atoms with van der Waals surface area (Å²) < 4.78 is 7.14. The van der Waals surface area contributed by atoms with Gasteiger partial charge in [0, 0.05) is 62.2 Å². The van der Waals surface area contributed by atoms with Gasteiger partial charge in [-0.2, -0.15) is 5.10 Å². The standard InChI is InChI=1S/C18H24N4O2S/c1-20-18(23)11-14(12-19-20)22-8-6-21(7-9-22)13-15-4-5-17(25-15)16-3-2-10-24-16/h4-5,11-12,16H,2-3,6-10,13H2,1H3/t16-/m1/s1. The number of aromatic nitrogens is 2. The summed E-state index contributed by atoms with van der Waals surface area (Å²) in [5.41, 5.74) is 0.875. The molecule has 4 rings (SSSR count). The largest absolute Gasteiger partial charge is 0.373 e. The molecule has 7 heteroatoms. The molecule has 0 saturated carbocycles. The van der Waals surface area contributed by atoms with Crippen LogP contribution in [0.3, 0.4) is 0 Å². The van der Waals surface area contributed by atoms with Crippen LogP contribution in [0, 0.1) is 0 Å². The molecule has 0 amide bonds. The minimum Gasteiger partial charge on any atom is -0.373 e. The third-order valence-corrected chi connectivity index (χ3v) is 6.16. The summed E-state index contributed by atoms with van der Waals surface area (Å²) >= 11 is 1.89. The van der Waals surface area contributed by atoms with E-state index in [0.717, 1.165) is 51.4 Å². The average molecular weight is 360 g/mol. The van der Waals surface area contributed by atoms with Crippen molar-refractivity contribution in [3.63, 3.8) is 0 Å². The van der Waals surface area contributed by atoms with E-state index in [0.29, 0.717) is 6.10 Å². The highest BCUT2D eigenvalue weighted by molar-refractivity contribution is 7.12. The summed E-state index contributed by atoms with van der Waals surface area (Å²) in [5.74, 6) is 0. The Morgan fingerprint density at radius 3 is 2.84 bits per heavy atom. The van der Waals surface area contributed by atoms with Crippen molar-refractivity contribution in [1.29, 1.82) is 0 Å². The summed E-state index contributed by atoms with van der Waals surface area (Å²) in [6, 6.07) is 6.16. The molecule has 1 atom stereocenters. The van der Waals surface area contributed by atoms with E-state index in [1.807, 2.05) is 11.3 Å². The van der Waals surface area contributed by atoms with Gasteiger partial charge in [0.1, 0.15) is 0 Å². The molecule has 2 aromatic rings. The van der Waals surface area contributed by atoms with E-state index in [-0.39, 0.29) is 5.56 Å². The lowest BCUT2D eigenvalue weighted by molar-refractivity contribution is 0.114. The Kier molecular flexibility index (Phi) is 4.87. The zero-order valence-electron chi connectivity index (χ0n) is 14.6. The SMILES string of the molecule is Cn1ncc(N2CCN(Cc3ccc([C@H]4CCCO4)s3)CC2)cc1=O. The van der Waals surface area contributed by atoms with E-state index in [1.165, 1.54) is 20.9 Å². The van der Waals surface area contributed by atoms with Gasteiger partial charge in [0.05, 0.1) is 18.0 Å². The fraction of sp³-hybridized carbons (Fsp3) is 0.556. The maximum Gasteiger partial charge on any atom is 0.268 e. The molecule has 0 aliphatic carbocycles. The summed E-state index contributed by atoms with van der Waals surface area (Å²) in [5, 5.41) is 4.12. The van der Waals surface area contributed by atoms with Crippen LogP contribution in [0.2, 0.25) is 0 Å². The Bertz CT molecular complexity index is 773. The van der Waals surface area contributed by atoms with Crippen LogP contribution >= 0.6 is 11.3 Å². The average Bonchev–Trinajstić information content (AvgIpc) is 3.29. The third kappa shape index (κ3) is 3.78. The number of aryl methyl sites for hydroxylation is 1. The van der Waals surface area contributed by atoms with Gasteiger partial charge in [0.15, 0.2) is 0 Å². The van der Waals surface area contributed by atoms with E-state index < -0.39 is 0 Å². The minimum atomic E-state index is -0.0554. The molecule has 2 aliphatic rings. The molecular weight excluding hydrogens is 336 g/mol. The minimum absolute atomic E-state index is 0.0554. The number of thiophene rings is 1. The highest BCUT2D eigenvalue weighted by Gasteiger charge is 2.21. The van der Waals surface area contributed by atoms with Crippen molar-refractivity contribution in [3.8, 4) is 0 Å². The Morgan fingerprint density at radius 2 is 2.12 bits per heavy atom. The normalized spacial score (nSPS) is 21.8. The van der Waals surface area contributed by atoms with Crippen molar-refractivity contribution in [2.75, 3.05) is 37.7 Å². The molecule has 0 spiro atoms. The lowest BCUT2D eigenvalue weighted by Crippen LogP contribution is -2.46. The summed E-state index contributed by atoms with van der Waals surface area (Å²) in [6.45, 7) is 5.76. The first-order valence-electron chi connectivity index (χ1n) is 8.90. The van der Waals surface area contributed by atoms with Crippen LogP contribution in [0.1, 0.15) is 28.7 Å². The molecule has 0 unspecified atom stereocenters. The third-order valence-electron chi connectivity index (χ3n) is 5.00. The highest BCUT2D eigenvalue weighted by Crippen LogP contribution is 2.33. The number of rotatable bonds is 4. The van der Waals surface area contributed by atoms with Gasteiger partial charge in [0.2, 0.25) is 0 Å². The van der Waals surface area contributed by atoms with Crippen LogP contribution < -0.4 is 10.5 Å². The number of ether oxygens (including phenoxy) is 1. The monoisotopic (exact) mass is 360 g/mol. The molecule has 0 N–H and O–H groups in total. The van der Waals surface area contributed by atoms with E-state index in [4.69, 9.17) is 4.74 Å². The molecule has 4 heterocycles. The number of anilines is 1. The van der Waals surface area contributed by atoms with Gasteiger partial charge in [-0.15, -0.1) is 11.3 Å². The second kappa shape index (κ2) is 7.27. The van der Waals surface area contributed by atoms with Crippen molar-refractivity contribution < 1.29 is 4.74 Å². The fourth-order valence-corrected chi connectivity index (χ4v) is 4.61. The molecule has 0 aromatic carbocycles. The quantitative estimate of drug-likeness (QED) is 0.835. The Balaban J connectivity index is 1.32. The van der Waals surface area contributed by atoms with Gasteiger partial charge in [-0.05, 0) is 25.0 Å². The van der Waals surface area contributed by atoms with Gasteiger partial charge in [-0.25, -0.2) is 4.68 Å². The topological polar surface area (TPSA) is 50.6 Å². The first-order chi connectivity index (χ1) is 12.2. The van der Waals surface area contributed by atoms with Crippen molar-refractivity contribution >= 4 is 17.0 Å². The van der Waals surface area contributed by atoms with Crippen molar-refractivity contribution in [1.82, 2.24) is 14.7 Å². The van der Waals surface area contributed by atoms with E-state index in [2.05, 4.69) is 27.0 Å². The maximum absolute atomic E-state index is 11.8. The molecular formula is C18H24N4O2S. The van der Waals surface area contributed by atoms with Crippen LogP contribution in [0.5, 0.6) is 0 Å². The molecule has 134 valence electrons. The molecule has 2 aromatic heterocycles. The lowest BCUT2D eigenvalue weighted by atomic mass is 10.2. The molecule has 0 bridgehead atoms. The smallest absolute Gasteiger partial charge is 0.268 e. The van der Waals surface area contributed by atoms with Crippen LogP contribution in [-0.4, -0.2) is 47.5 Å². The summed E-state index contributed by atoms with van der Waals surface area (Å²) in [6.07, 6.45) is 4.44. The lowest BCUT2D eigenvalue weighted by Gasteiger charge is -2.35. The Labute approximate surface area is 151 Å². The van der Waals surface area contributed by atoms with Gasteiger partial charge in [-0.3, -0.25) is 9.69 Å². The Hall–Kier alpha value is -1.70. The molecule has 2 aliphatic heterocycles. The van der Waals surface area contributed by atoms with Crippen LogP contribution in [0.4, 0.5) is 5.69 Å². The van der Waals surface area contributed by atoms with Crippen molar-refractivity contribution in [2.24, 2.45) is 7.05 Å². The number of hydrogen-bond acceptors (Lipinski definition) is 6. The van der Waals surface area contributed by atoms with Crippen LogP contribution in [-0.2, 0) is 18.3 Å². The van der Waals surface area contributed by atoms with Gasteiger partial charge >= 0.3 is 0 Å². The zero-order valence-corrected chi connectivity index (χ0v) is 15.4. The fourth-order valence-electron chi connectivity index (χ4n) is 3.47.